The Morgan fingerprint density at radius 2 is 1.50 bits per heavy atom. The number of thioether (sulfide) groups is 1. The molecule has 0 saturated heterocycles. The van der Waals surface area contributed by atoms with Crippen molar-refractivity contribution in [2.24, 2.45) is 5.92 Å². The van der Waals surface area contributed by atoms with Crippen LogP contribution in [-0.4, -0.2) is 11.0 Å². The number of hydrogen-bond acceptors (Lipinski definition) is 1. The highest BCUT2D eigenvalue weighted by molar-refractivity contribution is 7.99. The fourth-order valence-corrected chi connectivity index (χ4v) is 4.87. The van der Waals surface area contributed by atoms with E-state index in [2.05, 4.69) is 69.8 Å². The molecule has 0 radical (unpaired) electrons. The summed E-state index contributed by atoms with van der Waals surface area (Å²) < 4.78 is 0. The Hall–Kier alpha value is -0.430. The highest BCUT2D eigenvalue weighted by Gasteiger charge is 2.20. The van der Waals surface area contributed by atoms with E-state index in [-0.39, 0.29) is 0 Å². The molecule has 2 atom stereocenters. The molecule has 0 amide bonds. The molecule has 0 spiro atoms. The van der Waals surface area contributed by atoms with E-state index in [1.54, 1.807) is 0 Å². The maximum Gasteiger partial charge on any atom is 0.00554 e. The van der Waals surface area contributed by atoms with Gasteiger partial charge in [-0.2, -0.15) is 11.8 Å². The van der Waals surface area contributed by atoms with Crippen molar-refractivity contribution in [1.29, 1.82) is 0 Å². The van der Waals surface area contributed by atoms with Crippen molar-refractivity contribution in [1.82, 2.24) is 0 Å². The highest BCUT2D eigenvalue weighted by atomic mass is 32.2. The molecule has 0 heterocycles. The zero-order valence-electron chi connectivity index (χ0n) is 15.2. The normalized spacial score (nSPS) is 14.2. The van der Waals surface area contributed by atoms with Gasteiger partial charge in [0.25, 0.3) is 0 Å². The summed E-state index contributed by atoms with van der Waals surface area (Å²) in [6, 6.07) is 11.1. The molecule has 1 aromatic rings. The van der Waals surface area contributed by atoms with E-state index >= 15 is 0 Å². The van der Waals surface area contributed by atoms with Gasteiger partial charge in [0.05, 0.1) is 0 Å². The Labute approximate surface area is 143 Å². The van der Waals surface area contributed by atoms with Crippen LogP contribution in [0.4, 0.5) is 0 Å². The molecule has 0 aliphatic rings. The van der Waals surface area contributed by atoms with E-state index in [0.717, 1.165) is 17.1 Å². The molecule has 0 bridgehead atoms. The van der Waals surface area contributed by atoms with Crippen LogP contribution in [0.25, 0.3) is 0 Å². The first-order chi connectivity index (χ1) is 10.7. The van der Waals surface area contributed by atoms with Gasteiger partial charge in [-0.15, -0.1) is 0 Å². The molecule has 0 fully saturated rings. The van der Waals surface area contributed by atoms with Crippen molar-refractivity contribution in [2.75, 3.05) is 5.75 Å². The maximum absolute atomic E-state index is 2.35. The SMILES string of the molecule is CCCC(CCC)CC(CC(CC)c1ccccc1)SCC. The fourth-order valence-electron chi connectivity index (χ4n) is 3.62. The molecule has 1 aromatic carbocycles. The van der Waals surface area contributed by atoms with Crippen LogP contribution in [0, 0.1) is 5.92 Å². The highest BCUT2D eigenvalue weighted by Crippen LogP contribution is 2.34. The largest absolute Gasteiger partial charge is 0.159 e. The van der Waals surface area contributed by atoms with Crippen molar-refractivity contribution in [3.05, 3.63) is 35.9 Å². The van der Waals surface area contributed by atoms with Gasteiger partial charge in [-0.25, -0.2) is 0 Å². The molecule has 0 aliphatic carbocycles. The molecule has 1 heteroatoms. The third-order valence-corrected chi connectivity index (χ3v) is 5.89. The van der Waals surface area contributed by atoms with Gasteiger partial charge >= 0.3 is 0 Å². The number of hydrogen-bond donors (Lipinski definition) is 0. The predicted molar refractivity (Wildman–Crippen MR) is 104 cm³/mol. The third kappa shape index (κ3) is 7.22. The second-order valence-electron chi connectivity index (χ2n) is 6.51. The maximum atomic E-state index is 2.35. The summed E-state index contributed by atoms with van der Waals surface area (Å²) in [5.74, 6) is 2.92. The molecule has 0 aliphatic heterocycles. The first-order valence-corrected chi connectivity index (χ1v) is 10.5. The minimum atomic E-state index is 0.731. The van der Waals surface area contributed by atoms with Crippen molar-refractivity contribution in [3.8, 4) is 0 Å². The molecule has 0 aromatic heterocycles. The van der Waals surface area contributed by atoms with Gasteiger partial charge in [-0.1, -0.05) is 83.7 Å². The van der Waals surface area contributed by atoms with Gasteiger partial charge in [0.1, 0.15) is 0 Å². The number of rotatable bonds is 12. The molecule has 0 N–H and O–H groups in total. The van der Waals surface area contributed by atoms with E-state index in [4.69, 9.17) is 0 Å². The molecule has 126 valence electrons. The minimum absolute atomic E-state index is 0.731. The Kier molecular flexibility index (Phi) is 10.7. The summed E-state index contributed by atoms with van der Waals surface area (Å²) in [5.41, 5.74) is 1.54. The summed E-state index contributed by atoms with van der Waals surface area (Å²) in [6.07, 6.45) is 9.53. The second-order valence-corrected chi connectivity index (χ2v) is 8.09. The van der Waals surface area contributed by atoms with Crippen LogP contribution in [0.15, 0.2) is 30.3 Å². The van der Waals surface area contributed by atoms with E-state index in [0.29, 0.717) is 0 Å². The van der Waals surface area contributed by atoms with Crippen LogP contribution in [-0.2, 0) is 0 Å². The summed E-state index contributed by atoms with van der Waals surface area (Å²) in [5, 5.41) is 0.832. The van der Waals surface area contributed by atoms with Gasteiger partial charge in [-0.3, -0.25) is 0 Å². The van der Waals surface area contributed by atoms with Crippen LogP contribution >= 0.6 is 11.8 Å². The topological polar surface area (TPSA) is 0 Å². The third-order valence-electron chi connectivity index (χ3n) is 4.70. The zero-order chi connectivity index (χ0) is 16.2. The molecular formula is C21H36S. The van der Waals surface area contributed by atoms with Gasteiger partial charge in [0.2, 0.25) is 0 Å². The van der Waals surface area contributed by atoms with E-state index < -0.39 is 0 Å². The summed E-state index contributed by atoms with van der Waals surface area (Å²) in [4.78, 5) is 0. The van der Waals surface area contributed by atoms with Crippen molar-refractivity contribution in [2.45, 2.75) is 83.8 Å². The fraction of sp³-hybridized carbons (Fsp3) is 0.714. The molecule has 2 unspecified atom stereocenters. The van der Waals surface area contributed by atoms with Crippen molar-refractivity contribution >= 4 is 11.8 Å². The van der Waals surface area contributed by atoms with E-state index in [1.165, 1.54) is 56.3 Å². The first kappa shape index (κ1) is 19.6. The Bertz CT molecular complexity index is 353. The lowest BCUT2D eigenvalue weighted by molar-refractivity contribution is 0.391. The summed E-state index contributed by atoms with van der Waals surface area (Å²) in [6.45, 7) is 9.34. The second kappa shape index (κ2) is 12.0. The monoisotopic (exact) mass is 320 g/mol. The summed E-state index contributed by atoms with van der Waals surface area (Å²) in [7, 11) is 0. The average Bonchev–Trinajstić information content (AvgIpc) is 2.54. The minimum Gasteiger partial charge on any atom is -0.159 e. The van der Waals surface area contributed by atoms with Crippen LogP contribution < -0.4 is 0 Å². The average molecular weight is 321 g/mol. The lowest BCUT2D eigenvalue weighted by Crippen LogP contribution is -2.15. The van der Waals surface area contributed by atoms with Gasteiger partial charge in [0.15, 0.2) is 0 Å². The molecule has 22 heavy (non-hydrogen) atoms. The predicted octanol–water partition coefficient (Wildman–Crippen LogP) is 7.30. The Morgan fingerprint density at radius 3 is 2.00 bits per heavy atom. The Balaban J connectivity index is 2.68. The molecule has 0 nitrogen and oxygen atoms in total. The van der Waals surface area contributed by atoms with Crippen molar-refractivity contribution in [3.63, 3.8) is 0 Å². The lowest BCUT2D eigenvalue weighted by atomic mass is 9.87. The van der Waals surface area contributed by atoms with Crippen LogP contribution in [0.1, 0.15) is 84.1 Å². The van der Waals surface area contributed by atoms with E-state index in [1.807, 2.05) is 0 Å². The smallest absolute Gasteiger partial charge is 0.00554 e. The Morgan fingerprint density at radius 1 is 0.864 bits per heavy atom. The number of benzene rings is 1. The summed E-state index contributed by atoms with van der Waals surface area (Å²) >= 11 is 2.19. The van der Waals surface area contributed by atoms with Crippen LogP contribution in [0.3, 0.4) is 0 Å². The molecule has 1 rings (SSSR count). The van der Waals surface area contributed by atoms with Gasteiger partial charge in [0, 0.05) is 5.25 Å². The quantitative estimate of drug-likeness (QED) is 0.389. The lowest BCUT2D eigenvalue weighted by Gasteiger charge is -2.26. The van der Waals surface area contributed by atoms with Crippen LogP contribution in [0.2, 0.25) is 0 Å². The van der Waals surface area contributed by atoms with Gasteiger partial charge < -0.3 is 0 Å². The molecular weight excluding hydrogens is 284 g/mol. The first-order valence-electron chi connectivity index (χ1n) is 9.41. The molecule has 0 saturated carbocycles. The van der Waals surface area contributed by atoms with Crippen molar-refractivity contribution < 1.29 is 0 Å². The zero-order valence-corrected chi connectivity index (χ0v) is 16.0. The van der Waals surface area contributed by atoms with Crippen LogP contribution in [0.5, 0.6) is 0 Å². The standard InChI is InChI=1S/C21H36S/c1-5-12-18(13-6-2)16-21(22-8-4)17-19(7-3)20-14-10-9-11-15-20/h9-11,14-15,18-19,21H,5-8,12-13,16-17H2,1-4H3. The van der Waals surface area contributed by atoms with Gasteiger partial charge in [-0.05, 0) is 42.4 Å². The van der Waals surface area contributed by atoms with E-state index in [9.17, 15) is 0 Å².